The van der Waals surface area contributed by atoms with Crippen molar-refractivity contribution in [1.29, 1.82) is 0 Å². The minimum Gasteiger partial charge on any atom is -0.324 e. The predicted molar refractivity (Wildman–Crippen MR) is 118 cm³/mol. The van der Waals surface area contributed by atoms with Crippen LogP contribution < -0.4 is 9.88 Å². The van der Waals surface area contributed by atoms with Crippen molar-refractivity contribution in [3.63, 3.8) is 0 Å². The first kappa shape index (κ1) is 18.8. The van der Waals surface area contributed by atoms with Crippen molar-refractivity contribution in [3.8, 4) is 0 Å². The molecule has 0 radical (unpaired) electrons. The highest BCUT2D eigenvalue weighted by Crippen LogP contribution is 2.23. The van der Waals surface area contributed by atoms with Crippen LogP contribution in [0.3, 0.4) is 0 Å². The van der Waals surface area contributed by atoms with E-state index in [1.807, 2.05) is 54.6 Å². The molecule has 0 saturated carbocycles. The topological polar surface area (TPSA) is 48.8 Å². The van der Waals surface area contributed by atoms with Gasteiger partial charge in [-0.1, -0.05) is 54.6 Å². The van der Waals surface area contributed by atoms with Gasteiger partial charge in [0, 0.05) is 4.47 Å². The van der Waals surface area contributed by atoms with Crippen LogP contribution in [0.5, 0.6) is 0 Å². The second-order valence-corrected chi connectivity index (χ2v) is 8.15. The van der Waals surface area contributed by atoms with Gasteiger partial charge in [0.1, 0.15) is 6.54 Å². The number of anilines is 1. The molecular formula is C22H19BrN3OS+. The number of carbonyl (C=O) groups excluding carboxylic acids is 1. The van der Waals surface area contributed by atoms with Gasteiger partial charge >= 0.3 is 5.16 Å². The van der Waals surface area contributed by atoms with Crippen LogP contribution in [0, 0.1) is 0 Å². The number of fused-ring (bicyclic) bond motifs is 1. The maximum Gasteiger partial charge on any atom is 0.317 e. The highest BCUT2D eigenvalue weighted by molar-refractivity contribution is 9.10. The molecule has 0 spiro atoms. The fraction of sp³-hybridized carbons (Fsp3) is 0.0909. The molecule has 0 aliphatic heterocycles. The lowest BCUT2D eigenvalue weighted by molar-refractivity contribution is -0.700. The number of nitrogens with one attached hydrogen (secondary N) is 2. The van der Waals surface area contributed by atoms with E-state index in [4.69, 9.17) is 0 Å². The molecule has 0 saturated heterocycles. The summed E-state index contributed by atoms with van der Waals surface area (Å²) in [4.78, 5) is 15.9. The van der Waals surface area contributed by atoms with E-state index < -0.39 is 0 Å². The van der Waals surface area contributed by atoms with E-state index >= 15 is 0 Å². The third kappa shape index (κ3) is 4.29. The van der Waals surface area contributed by atoms with Crippen LogP contribution in [0.25, 0.3) is 11.0 Å². The molecule has 4 aromatic rings. The molecule has 140 valence electrons. The molecule has 0 aliphatic carbocycles. The summed E-state index contributed by atoms with van der Waals surface area (Å²) in [5.74, 6) is 0.282. The van der Waals surface area contributed by atoms with Gasteiger partial charge in [-0.2, -0.15) is 0 Å². The average Bonchev–Trinajstić information content (AvgIpc) is 3.06. The lowest BCUT2D eigenvalue weighted by Gasteiger charge is -2.06. The zero-order chi connectivity index (χ0) is 19.3. The number of halogens is 1. The first-order chi connectivity index (χ1) is 13.7. The number of aromatic nitrogens is 2. The SMILES string of the molecule is O=C(CSc1[nH]c2ccccc2[n+]1Cc1ccccc1)Nc1ccccc1Br. The fourth-order valence-corrected chi connectivity index (χ4v) is 4.25. The van der Waals surface area contributed by atoms with Crippen LogP contribution in [0.15, 0.2) is 88.5 Å². The quantitative estimate of drug-likeness (QED) is 0.319. The molecule has 4 rings (SSSR count). The predicted octanol–water partition coefficient (Wildman–Crippen LogP) is 5.00. The van der Waals surface area contributed by atoms with Gasteiger partial charge < -0.3 is 5.32 Å². The highest BCUT2D eigenvalue weighted by atomic mass is 79.9. The number of thioether (sulfide) groups is 1. The summed E-state index contributed by atoms with van der Waals surface area (Å²) in [6, 6.07) is 26.2. The summed E-state index contributed by atoms with van der Waals surface area (Å²) in [5, 5.41) is 3.92. The molecule has 0 unspecified atom stereocenters. The third-order valence-electron chi connectivity index (χ3n) is 4.35. The number of aromatic amines is 1. The normalized spacial score (nSPS) is 10.9. The number of hydrogen-bond donors (Lipinski definition) is 2. The zero-order valence-corrected chi connectivity index (χ0v) is 17.5. The number of imidazole rings is 1. The van der Waals surface area contributed by atoms with Gasteiger partial charge in [0.05, 0.1) is 11.4 Å². The van der Waals surface area contributed by atoms with Crippen LogP contribution >= 0.6 is 27.7 Å². The van der Waals surface area contributed by atoms with Crippen molar-refractivity contribution < 1.29 is 9.36 Å². The molecule has 28 heavy (non-hydrogen) atoms. The van der Waals surface area contributed by atoms with E-state index in [0.717, 1.165) is 32.9 Å². The van der Waals surface area contributed by atoms with Crippen LogP contribution in [0.1, 0.15) is 5.56 Å². The largest absolute Gasteiger partial charge is 0.324 e. The second-order valence-electron chi connectivity index (χ2n) is 6.34. The smallest absolute Gasteiger partial charge is 0.317 e. The summed E-state index contributed by atoms with van der Waals surface area (Å²) in [7, 11) is 0. The van der Waals surface area contributed by atoms with Gasteiger partial charge in [0.25, 0.3) is 0 Å². The molecule has 3 aromatic carbocycles. The number of amides is 1. The van der Waals surface area contributed by atoms with E-state index in [-0.39, 0.29) is 5.91 Å². The van der Waals surface area contributed by atoms with Crippen LogP contribution in [0.2, 0.25) is 0 Å². The lowest BCUT2D eigenvalue weighted by atomic mass is 10.2. The number of para-hydroxylation sites is 3. The third-order valence-corrected chi connectivity index (χ3v) is 6.05. The minimum absolute atomic E-state index is 0.0400. The summed E-state index contributed by atoms with van der Waals surface area (Å²) in [5.41, 5.74) is 4.19. The number of benzene rings is 3. The van der Waals surface area contributed by atoms with Crippen molar-refractivity contribution in [3.05, 3.63) is 88.9 Å². The van der Waals surface area contributed by atoms with E-state index in [0.29, 0.717) is 5.75 Å². The number of hydrogen-bond acceptors (Lipinski definition) is 2. The van der Waals surface area contributed by atoms with Gasteiger partial charge in [-0.25, -0.2) is 9.55 Å². The van der Waals surface area contributed by atoms with Gasteiger partial charge in [-0.05, 0) is 57.5 Å². The Bertz CT molecular complexity index is 1110. The Labute approximate surface area is 176 Å². The lowest BCUT2D eigenvalue weighted by Crippen LogP contribution is -2.35. The van der Waals surface area contributed by atoms with Crippen molar-refractivity contribution in [2.75, 3.05) is 11.1 Å². The second kappa shape index (κ2) is 8.63. The Kier molecular flexibility index (Phi) is 5.78. The highest BCUT2D eigenvalue weighted by Gasteiger charge is 2.20. The molecule has 4 nitrogen and oxygen atoms in total. The zero-order valence-electron chi connectivity index (χ0n) is 15.1. The molecule has 1 amide bonds. The van der Waals surface area contributed by atoms with Crippen molar-refractivity contribution >= 4 is 50.3 Å². The minimum atomic E-state index is -0.0400. The standard InChI is InChI=1S/C22H18BrN3OS/c23-17-10-4-5-11-18(17)24-21(27)15-28-22-25-19-12-6-7-13-20(19)26(22)14-16-8-2-1-3-9-16/h1-13H,14-15H2,(H,24,27)/p+1. The summed E-state index contributed by atoms with van der Waals surface area (Å²) < 4.78 is 3.10. The van der Waals surface area contributed by atoms with Gasteiger partial charge in [-0.15, -0.1) is 0 Å². The van der Waals surface area contributed by atoms with E-state index in [2.05, 4.69) is 55.1 Å². The summed E-state index contributed by atoms with van der Waals surface area (Å²) in [6.45, 7) is 0.749. The molecular weight excluding hydrogens is 434 g/mol. The number of rotatable bonds is 6. The molecule has 0 atom stereocenters. The molecule has 0 bridgehead atoms. The first-order valence-electron chi connectivity index (χ1n) is 8.92. The molecule has 0 aliphatic rings. The van der Waals surface area contributed by atoms with E-state index in [9.17, 15) is 4.79 Å². The molecule has 2 N–H and O–H groups in total. The Morgan fingerprint density at radius 1 is 0.964 bits per heavy atom. The van der Waals surface area contributed by atoms with Crippen molar-refractivity contribution in [1.82, 2.24) is 4.98 Å². The van der Waals surface area contributed by atoms with Crippen LogP contribution in [-0.2, 0) is 11.3 Å². The number of carbonyl (C=O) groups is 1. The number of nitrogens with zero attached hydrogens (tertiary/aromatic N) is 1. The molecule has 0 fully saturated rings. The maximum absolute atomic E-state index is 12.4. The van der Waals surface area contributed by atoms with Gasteiger partial charge in [0.2, 0.25) is 5.91 Å². The Morgan fingerprint density at radius 3 is 2.50 bits per heavy atom. The summed E-state index contributed by atoms with van der Waals surface area (Å²) >= 11 is 4.97. The average molecular weight is 453 g/mol. The maximum atomic E-state index is 12.4. The van der Waals surface area contributed by atoms with E-state index in [1.165, 1.54) is 17.3 Å². The Morgan fingerprint density at radius 2 is 1.68 bits per heavy atom. The van der Waals surface area contributed by atoms with E-state index in [1.54, 1.807) is 0 Å². The Balaban J connectivity index is 1.54. The number of H-pyrrole nitrogens is 1. The van der Waals surface area contributed by atoms with Crippen molar-refractivity contribution in [2.45, 2.75) is 11.7 Å². The fourth-order valence-electron chi connectivity index (χ4n) is 3.03. The van der Waals surface area contributed by atoms with Crippen LogP contribution in [0.4, 0.5) is 5.69 Å². The van der Waals surface area contributed by atoms with Crippen molar-refractivity contribution in [2.24, 2.45) is 0 Å². The molecule has 1 heterocycles. The van der Waals surface area contributed by atoms with Crippen LogP contribution in [-0.4, -0.2) is 16.6 Å². The Hall–Kier alpha value is -2.57. The van der Waals surface area contributed by atoms with Gasteiger partial charge in [-0.3, -0.25) is 4.79 Å². The summed E-state index contributed by atoms with van der Waals surface area (Å²) in [6.07, 6.45) is 0. The van der Waals surface area contributed by atoms with Gasteiger partial charge in [0.15, 0.2) is 11.0 Å². The molecule has 6 heteroatoms. The first-order valence-corrected chi connectivity index (χ1v) is 10.7. The molecule has 1 aromatic heterocycles. The monoisotopic (exact) mass is 452 g/mol.